The molecule has 0 aromatic heterocycles. The van der Waals surface area contributed by atoms with Crippen molar-refractivity contribution in [2.45, 2.75) is 26.1 Å². The van der Waals surface area contributed by atoms with Gasteiger partial charge in [0.2, 0.25) is 0 Å². The van der Waals surface area contributed by atoms with Crippen LogP contribution >= 0.6 is 0 Å². The van der Waals surface area contributed by atoms with Crippen LogP contribution in [0.1, 0.15) is 25.0 Å². The first-order chi connectivity index (χ1) is 8.74. The Labute approximate surface area is 107 Å². The number of hydrogen-bond acceptors (Lipinski definition) is 3. The molecule has 19 heavy (non-hydrogen) atoms. The van der Waals surface area contributed by atoms with E-state index in [0.29, 0.717) is 6.07 Å². The van der Waals surface area contributed by atoms with E-state index in [1.165, 1.54) is 12.1 Å². The number of carbonyl (C=O) groups excluding carboxylic acids is 1. The Morgan fingerprint density at radius 2 is 2.05 bits per heavy atom. The molecule has 102 valence electrons. The van der Waals surface area contributed by atoms with Crippen molar-refractivity contribution >= 4 is 11.8 Å². The monoisotopic (exact) mass is 272 g/mol. The van der Waals surface area contributed by atoms with Gasteiger partial charge in [-0.2, -0.15) is 18.4 Å². The average Bonchev–Trinajstić information content (AvgIpc) is 2.26. The average molecular weight is 272 g/mol. The summed E-state index contributed by atoms with van der Waals surface area (Å²) in [6.07, 6.45) is -5.90. The van der Waals surface area contributed by atoms with Gasteiger partial charge in [0.25, 0.3) is 0 Å². The molecule has 0 heterocycles. The third-order valence-electron chi connectivity index (χ3n) is 2.03. The van der Waals surface area contributed by atoms with Crippen LogP contribution in [0.5, 0.6) is 0 Å². The van der Waals surface area contributed by atoms with Gasteiger partial charge in [0.15, 0.2) is 0 Å². The molecule has 1 aromatic rings. The van der Waals surface area contributed by atoms with Crippen LogP contribution in [0.3, 0.4) is 0 Å². The molecule has 0 aliphatic carbocycles. The summed E-state index contributed by atoms with van der Waals surface area (Å²) >= 11 is 0. The predicted octanol–water partition coefficient (Wildman–Crippen LogP) is 3.53. The number of halogens is 3. The molecule has 1 N–H and O–H groups in total. The molecule has 0 radical (unpaired) electrons. The first-order valence-electron chi connectivity index (χ1n) is 5.33. The number of hydrogen-bond donors (Lipinski definition) is 1. The van der Waals surface area contributed by atoms with Crippen LogP contribution < -0.4 is 5.32 Å². The molecule has 0 aliphatic rings. The topological polar surface area (TPSA) is 62.1 Å². The van der Waals surface area contributed by atoms with E-state index in [0.717, 1.165) is 6.07 Å². The number of alkyl halides is 3. The number of ether oxygens (including phenoxy) is 1. The number of rotatable bonds is 2. The molecule has 1 rings (SSSR count). The van der Waals surface area contributed by atoms with Crippen LogP contribution in [0.15, 0.2) is 18.2 Å². The molecule has 0 aliphatic heterocycles. The van der Waals surface area contributed by atoms with E-state index >= 15 is 0 Å². The lowest BCUT2D eigenvalue weighted by Crippen LogP contribution is -2.18. The number of carbonyl (C=O) groups is 1. The fourth-order valence-electron chi connectivity index (χ4n) is 1.32. The zero-order valence-electron chi connectivity index (χ0n) is 10.2. The van der Waals surface area contributed by atoms with Crippen molar-refractivity contribution in [3.8, 4) is 6.07 Å². The summed E-state index contributed by atoms with van der Waals surface area (Å²) in [6.45, 7) is 3.22. The maximum Gasteiger partial charge on any atom is 0.417 e. The van der Waals surface area contributed by atoms with Gasteiger partial charge in [-0.25, -0.2) is 4.79 Å². The van der Waals surface area contributed by atoms with Crippen molar-refractivity contribution in [3.05, 3.63) is 29.3 Å². The Morgan fingerprint density at radius 1 is 1.42 bits per heavy atom. The number of amides is 1. The number of anilines is 1. The summed E-state index contributed by atoms with van der Waals surface area (Å²) in [7, 11) is 0. The van der Waals surface area contributed by atoms with Gasteiger partial charge in [0, 0.05) is 5.69 Å². The highest BCUT2D eigenvalue weighted by Gasteiger charge is 2.34. The summed E-state index contributed by atoms with van der Waals surface area (Å²) in [5, 5.41) is 10.8. The maximum absolute atomic E-state index is 12.7. The minimum atomic E-state index is -4.66. The second-order valence-corrected chi connectivity index (χ2v) is 3.95. The molecule has 7 heteroatoms. The maximum atomic E-state index is 12.7. The van der Waals surface area contributed by atoms with Gasteiger partial charge >= 0.3 is 12.3 Å². The Morgan fingerprint density at radius 3 is 2.53 bits per heavy atom. The van der Waals surface area contributed by atoms with Crippen molar-refractivity contribution in [3.63, 3.8) is 0 Å². The van der Waals surface area contributed by atoms with Crippen LogP contribution in [-0.2, 0) is 10.9 Å². The van der Waals surface area contributed by atoms with Gasteiger partial charge in [-0.15, -0.1) is 0 Å². The van der Waals surface area contributed by atoms with E-state index in [1.807, 2.05) is 0 Å². The summed E-state index contributed by atoms with van der Waals surface area (Å²) in [5.41, 5.74) is -1.69. The number of benzene rings is 1. The van der Waals surface area contributed by atoms with Crippen molar-refractivity contribution in [1.29, 1.82) is 5.26 Å². The molecule has 1 aromatic carbocycles. The molecule has 0 atom stereocenters. The fraction of sp³-hybridized carbons (Fsp3) is 0.333. The van der Waals surface area contributed by atoms with Crippen LogP contribution in [0.4, 0.5) is 23.7 Å². The normalized spacial score (nSPS) is 11.0. The van der Waals surface area contributed by atoms with Gasteiger partial charge in [0.05, 0.1) is 23.3 Å². The zero-order chi connectivity index (χ0) is 14.6. The highest BCUT2D eigenvalue weighted by atomic mass is 19.4. The highest BCUT2D eigenvalue weighted by molar-refractivity contribution is 5.85. The second-order valence-electron chi connectivity index (χ2n) is 3.95. The molecule has 0 saturated heterocycles. The van der Waals surface area contributed by atoms with E-state index in [2.05, 4.69) is 5.32 Å². The van der Waals surface area contributed by atoms with E-state index in [-0.39, 0.29) is 11.8 Å². The van der Waals surface area contributed by atoms with Crippen LogP contribution in [0.25, 0.3) is 0 Å². The summed E-state index contributed by atoms with van der Waals surface area (Å²) in [6, 6.07) is 4.34. The Balaban J connectivity index is 3.00. The quantitative estimate of drug-likeness (QED) is 0.895. The van der Waals surface area contributed by atoms with Gasteiger partial charge in [0.1, 0.15) is 0 Å². The molecular weight excluding hydrogens is 261 g/mol. The summed E-state index contributed by atoms with van der Waals surface area (Å²) in [4.78, 5) is 11.3. The van der Waals surface area contributed by atoms with Gasteiger partial charge in [-0.1, -0.05) is 0 Å². The fourth-order valence-corrected chi connectivity index (χ4v) is 1.32. The second kappa shape index (κ2) is 5.61. The molecule has 0 fully saturated rings. The van der Waals surface area contributed by atoms with Crippen LogP contribution in [-0.4, -0.2) is 12.2 Å². The molecule has 1 amide bonds. The molecule has 0 spiro atoms. The van der Waals surface area contributed by atoms with E-state index < -0.39 is 23.4 Å². The van der Waals surface area contributed by atoms with Gasteiger partial charge < -0.3 is 4.74 Å². The number of nitrogens with zero attached hydrogens (tertiary/aromatic N) is 1. The number of nitrogens with one attached hydrogen (secondary N) is 1. The predicted molar refractivity (Wildman–Crippen MR) is 61.4 cm³/mol. The van der Waals surface area contributed by atoms with Crippen molar-refractivity contribution in [2.75, 3.05) is 5.32 Å². The third kappa shape index (κ3) is 4.17. The minimum absolute atomic E-state index is 0.0861. The van der Waals surface area contributed by atoms with Gasteiger partial charge in [-0.05, 0) is 32.0 Å². The highest BCUT2D eigenvalue weighted by Crippen LogP contribution is 2.33. The summed E-state index contributed by atoms with van der Waals surface area (Å²) in [5.74, 6) is 0. The smallest absolute Gasteiger partial charge is 0.417 e. The van der Waals surface area contributed by atoms with Crippen molar-refractivity contribution in [2.24, 2.45) is 0 Å². The molecule has 4 nitrogen and oxygen atoms in total. The molecular formula is C12H11F3N2O2. The Kier molecular flexibility index (Phi) is 4.38. The standard InChI is InChI=1S/C12H11F3N2O2/c1-7(2)19-11(18)17-9-4-3-8(6-16)10(5-9)12(13,14)15/h3-5,7H,1-2H3,(H,17,18). The minimum Gasteiger partial charge on any atom is -0.447 e. The van der Waals surface area contributed by atoms with Gasteiger partial charge in [-0.3, -0.25) is 5.32 Å². The van der Waals surface area contributed by atoms with Crippen molar-refractivity contribution in [1.82, 2.24) is 0 Å². The largest absolute Gasteiger partial charge is 0.447 e. The molecule has 0 saturated carbocycles. The first-order valence-corrected chi connectivity index (χ1v) is 5.33. The lowest BCUT2D eigenvalue weighted by atomic mass is 10.1. The SMILES string of the molecule is CC(C)OC(=O)Nc1ccc(C#N)c(C(F)(F)F)c1. The van der Waals surface area contributed by atoms with Crippen LogP contribution in [0.2, 0.25) is 0 Å². The molecule has 0 unspecified atom stereocenters. The lowest BCUT2D eigenvalue weighted by Gasteiger charge is -2.12. The lowest BCUT2D eigenvalue weighted by molar-refractivity contribution is -0.137. The van der Waals surface area contributed by atoms with Crippen molar-refractivity contribution < 1.29 is 22.7 Å². The van der Waals surface area contributed by atoms with Crippen LogP contribution in [0, 0.1) is 11.3 Å². The Bertz CT molecular complexity index is 519. The molecule has 0 bridgehead atoms. The Hall–Kier alpha value is -2.23. The number of nitriles is 1. The van der Waals surface area contributed by atoms with E-state index in [4.69, 9.17) is 10.00 Å². The zero-order valence-corrected chi connectivity index (χ0v) is 10.2. The third-order valence-corrected chi connectivity index (χ3v) is 2.03. The summed E-state index contributed by atoms with van der Waals surface area (Å²) < 4.78 is 42.7. The van der Waals surface area contributed by atoms with E-state index in [9.17, 15) is 18.0 Å². The van der Waals surface area contributed by atoms with E-state index in [1.54, 1.807) is 13.8 Å². The first kappa shape index (κ1) is 14.8.